The van der Waals surface area contributed by atoms with E-state index < -0.39 is 0 Å². The van der Waals surface area contributed by atoms with Crippen LogP contribution in [0.1, 0.15) is 51.2 Å². The third-order valence-corrected chi connectivity index (χ3v) is 4.82. The van der Waals surface area contributed by atoms with Gasteiger partial charge in [-0.25, -0.2) is 0 Å². The first-order valence-corrected chi connectivity index (χ1v) is 9.47. The average molecular weight is 384 g/mol. The van der Waals surface area contributed by atoms with Crippen molar-refractivity contribution in [2.75, 3.05) is 10.6 Å². The molecule has 1 aromatic carbocycles. The molecule has 8 heteroatoms. The van der Waals surface area contributed by atoms with E-state index in [1.54, 1.807) is 30.3 Å². The Morgan fingerprint density at radius 1 is 1.15 bits per heavy atom. The van der Waals surface area contributed by atoms with Crippen LogP contribution in [0.2, 0.25) is 0 Å². The van der Waals surface area contributed by atoms with Crippen molar-refractivity contribution in [2.24, 2.45) is 0 Å². The van der Waals surface area contributed by atoms with Crippen LogP contribution >= 0.6 is 11.3 Å². The maximum Gasteiger partial charge on any atom is 0.291 e. The van der Waals surface area contributed by atoms with E-state index in [9.17, 15) is 9.59 Å². The highest BCUT2D eigenvalue weighted by molar-refractivity contribution is 7.15. The summed E-state index contributed by atoms with van der Waals surface area (Å²) in [5, 5.41) is 15.0. The van der Waals surface area contributed by atoms with Gasteiger partial charge in [0.25, 0.3) is 11.8 Å². The summed E-state index contributed by atoms with van der Waals surface area (Å²) in [6.45, 7) is 3.97. The van der Waals surface area contributed by atoms with Crippen molar-refractivity contribution in [1.29, 1.82) is 0 Å². The molecule has 0 spiro atoms. The number of amides is 2. The molecule has 0 unspecified atom stereocenters. The second kappa shape index (κ2) is 8.59. The molecule has 0 saturated heterocycles. The zero-order chi connectivity index (χ0) is 19.2. The second-order valence-corrected chi connectivity index (χ2v) is 7.08. The Hall–Kier alpha value is -3.00. The molecule has 0 atom stereocenters. The minimum absolute atomic E-state index is 0.206. The van der Waals surface area contributed by atoms with Crippen LogP contribution in [0.15, 0.2) is 41.0 Å². The molecular formula is C19H20N4O3S. The van der Waals surface area contributed by atoms with Gasteiger partial charge in [0, 0.05) is 17.7 Å². The van der Waals surface area contributed by atoms with Crippen LogP contribution in [0.25, 0.3) is 0 Å². The summed E-state index contributed by atoms with van der Waals surface area (Å²) in [7, 11) is 0. The highest BCUT2D eigenvalue weighted by Gasteiger charge is 2.14. The van der Waals surface area contributed by atoms with E-state index in [1.165, 1.54) is 17.6 Å². The lowest BCUT2D eigenvalue weighted by atomic mass is 10.1. The number of hydrogen-bond acceptors (Lipinski definition) is 6. The molecule has 7 nitrogen and oxygen atoms in total. The molecule has 2 N–H and O–H groups in total. The van der Waals surface area contributed by atoms with Gasteiger partial charge >= 0.3 is 0 Å². The van der Waals surface area contributed by atoms with E-state index in [-0.39, 0.29) is 17.6 Å². The van der Waals surface area contributed by atoms with Crippen LogP contribution in [0.5, 0.6) is 0 Å². The first-order chi connectivity index (χ1) is 13.1. The first-order valence-electron chi connectivity index (χ1n) is 8.66. The van der Waals surface area contributed by atoms with Crippen molar-refractivity contribution in [3.63, 3.8) is 0 Å². The highest BCUT2D eigenvalue weighted by Crippen LogP contribution is 2.21. The average Bonchev–Trinajstić information content (AvgIpc) is 3.33. The van der Waals surface area contributed by atoms with Gasteiger partial charge in [0.15, 0.2) is 5.76 Å². The maximum absolute atomic E-state index is 12.5. The Morgan fingerprint density at radius 3 is 2.74 bits per heavy atom. The van der Waals surface area contributed by atoms with Gasteiger partial charge in [-0.2, -0.15) is 0 Å². The van der Waals surface area contributed by atoms with Gasteiger partial charge in [0.05, 0.1) is 6.26 Å². The highest BCUT2D eigenvalue weighted by atomic mass is 32.1. The summed E-state index contributed by atoms with van der Waals surface area (Å²) >= 11 is 1.38. The number of furan rings is 1. The van der Waals surface area contributed by atoms with Crippen molar-refractivity contribution < 1.29 is 14.0 Å². The van der Waals surface area contributed by atoms with Crippen molar-refractivity contribution in [1.82, 2.24) is 10.2 Å². The molecule has 2 amide bonds. The molecule has 0 fully saturated rings. The van der Waals surface area contributed by atoms with Crippen LogP contribution < -0.4 is 10.6 Å². The summed E-state index contributed by atoms with van der Waals surface area (Å²) in [5.41, 5.74) is 1.80. The summed E-state index contributed by atoms with van der Waals surface area (Å²) in [6.07, 6.45) is 4.41. The van der Waals surface area contributed by atoms with Gasteiger partial charge in [-0.15, -0.1) is 10.2 Å². The molecule has 0 aliphatic carbocycles. The molecule has 3 rings (SSSR count). The number of carbonyl (C=O) groups excluding carboxylic acids is 2. The third kappa shape index (κ3) is 4.79. The van der Waals surface area contributed by atoms with Crippen molar-refractivity contribution in [2.45, 2.75) is 33.1 Å². The van der Waals surface area contributed by atoms with E-state index in [2.05, 4.69) is 27.8 Å². The first kappa shape index (κ1) is 18.8. The SMILES string of the molecule is CCCCc1nnc(NC(=O)c2ccc(C)c(NC(=O)c3ccco3)c2)s1. The van der Waals surface area contributed by atoms with Gasteiger partial charge < -0.3 is 9.73 Å². The molecule has 0 aliphatic heterocycles. The van der Waals surface area contributed by atoms with Crippen molar-refractivity contribution in [3.05, 3.63) is 58.5 Å². The lowest BCUT2D eigenvalue weighted by Gasteiger charge is -2.09. The number of nitrogens with one attached hydrogen (secondary N) is 2. The van der Waals surface area contributed by atoms with Gasteiger partial charge in [0.2, 0.25) is 5.13 Å². The molecular weight excluding hydrogens is 364 g/mol. The zero-order valence-corrected chi connectivity index (χ0v) is 15.9. The van der Waals surface area contributed by atoms with Crippen LogP contribution in [-0.4, -0.2) is 22.0 Å². The molecule has 0 bridgehead atoms. The Labute approximate surface area is 160 Å². The Bertz CT molecular complexity index is 934. The number of anilines is 2. The monoisotopic (exact) mass is 384 g/mol. The van der Waals surface area contributed by atoms with Gasteiger partial charge in [-0.05, 0) is 43.2 Å². The number of carbonyl (C=O) groups is 2. The second-order valence-electron chi connectivity index (χ2n) is 6.02. The molecule has 0 saturated carbocycles. The third-order valence-electron chi connectivity index (χ3n) is 3.92. The lowest BCUT2D eigenvalue weighted by molar-refractivity contribution is 0.0993. The van der Waals surface area contributed by atoms with E-state index >= 15 is 0 Å². The Morgan fingerprint density at radius 2 is 2.00 bits per heavy atom. The molecule has 27 heavy (non-hydrogen) atoms. The lowest BCUT2D eigenvalue weighted by Crippen LogP contribution is -2.15. The fourth-order valence-corrected chi connectivity index (χ4v) is 3.17. The molecule has 0 radical (unpaired) electrons. The minimum Gasteiger partial charge on any atom is -0.459 e. The maximum atomic E-state index is 12.5. The van der Waals surface area contributed by atoms with Crippen molar-refractivity contribution >= 4 is 34.0 Å². The minimum atomic E-state index is -0.370. The van der Waals surface area contributed by atoms with Crippen molar-refractivity contribution in [3.8, 4) is 0 Å². The van der Waals surface area contributed by atoms with E-state index in [4.69, 9.17) is 4.42 Å². The van der Waals surface area contributed by atoms with Crippen LogP contribution in [-0.2, 0) is 6.42 Å². The fraction of sp³-hybridized carbons (Fsp3) is 0.263. The molecule has 3 aromatic rings. The quantitative estimate of drug-likeness (QED) is 0.633. The molecule has 140 valence electrons. The summed E-state index contributed by atoms with van der Waals surface area (Å²) in [4.78, 5) is 24.7. The predicted octanol–water partition coefficient (Wildman–Crippen LogP) is 4.29. The van der Waals surface area contributed by atoms with E-state index in [0.717, 1.165) is 29.8 Å². The van der Waals surface area contributed by atoms with Gasteiger partial charge in [-0.3, -0.25) is 14.9 Å². The Balaban J connectivity index is 1.70. The largest absolute Gasteiger partial charge is 0.459 e. The number of nitrogens with zero attached hydrogens (tertiary/aromatic N) is 2. The summed E-state index contributed by atoms with van der Waals surface area (Å²) in [5.74, 6) is -0.468. The molecule has 2 heterocycles. The number of rotatable bonds is 7. The zero-order valence-electron chi connectivity index (χ0n) is 15.1. The van der Waals surface area contributed by atoms with Gasteiger partial charge in [0.1, 0.15) is 5.01 Å². The predicted molar refractivity (Wildman–Crippen MR) is 104 cm³/mol. The number of aromatic nitrogens is 2. The summed E-state index contributed by atoms with van der Waals surface area (Å²) < 4.78 is 5.09. The molecule has 2 aromatic heterocycles. The van der Waals surface area contributed by atoms with Crippen LogP contribution in [0, 0.1) is 6.92 Å². The number of hydrogen-bond donors (Lipinski definition) is 2. The standard InChI is InChI=1S/C19H20N4O3S/c1-3-4-7-16-22-23-19(27-16)21-17(24)13-9-8-12(2)14(11-13)20-18(25)15-6-5-10-26-15/h5-6,8-11H,3-4,7H2,1-2H3,(H,20,25)(H,21,23,24). The molecule has 0 aliphatic rings. The van der Waals surface area contributed by atoms with Gasteiger partial charge in [-0.1, -0.05) is 30.7 Å². The van der Waals surface area contributed by atoms with E-state index in [1.807, 2.05) is 6.92 Å². The fourth-order valence-electron chi connectivity index (χ4n) is 2.39. The van der Waals surface area contributed by atoms with Crippen LogP contribution in [0.3, 0.4) is 0 Å². The number of aryl methyl sites for hydroxylation is 2. The van der Waals surface area contributed by atoms with E-state index in [0.29, 0.717) is 16.4 Å². The smallest absolute Gasteiger partial charge is 0.291 e. The number of benzene rings is 1. The Kier molecular flexibility index (Phi) is 5.97. The normalized spacial score (nSPS) is 10.6. The number of unbranched alkanes of at least 4 members (excludes halogenated alkanes) is 1. The van der Waals surface area contributed by atoms with Crippen LogP contribution in [0.4, 0.5) is 10.8 Å². The summed E-state index contributed by atoms with van der Waals surface area (Å²) in [6, 6.07) is 8.32. The topological polar surface area (TPSA) is 97.1 Å².